The van der Waals surface area contributed by atoms with Crippen molar-refractivity contribution in [2.24, 2.45) is 0 Å². The normalized spacial score (nSPS) is 17.0. The zero-order valence-electron chi connectivity index (χ0n) is 13.7. The Labute approximate surface area is 145 Å². The first-order valence-corrected chi connectivity index (χ1v) is 8.36. The summed E-state index contributed by atoms with van der Waals surface area (Å²) in [5, 5.41) is 6.89. The Balaban J connectivity index is 1.55. The number of halogens is 1. The van der Waals surface area contributed by atoms with E-state index < -0.39 is 0 Å². The number of H-pyrrole nitrogens is 1. The number of carbonyl (C=O) groups excluding carboxylic acids is 1. The van der Waals surface area contributed by atoms with Gasteiger partial charge in [-0.1, -0.05) is 30.3 Å². The molecule has 0 bridgehead atoms. The monoisotopic (exact) mass is 335 g/mol. The second-order valence-electron chi connectivity index (χ2n) is 6.31. The maximum atomic E-state index is 13.1. The number of nitrogens with zero attached hydrogens (tertiary/aromatic N) is 2. The summed E-state index contributed by atoms with van der Waals surface area (Å²) in [4.78, 5) is 14.8. The molecule has 1 amide bonds. The summed E-state index contributed by atoms with van der Waals surface area (Å²) < 4.78 is 13.1. The number of likely N-dealkylation sites (tertiary alicyclic amines) is 1. The quantitative estimate of drug-likeness (QED) is 0.790. The van der Waals surface area contributed by atoms with E-state index >= 15 is 0 Å². The minimum absolute atomic E-state index is 0.0356. The summed E-state index contributed by atoms with van der Waals surface area (Å²) in [6, 6.07) is 16.3. The molecule has 0 saturated carbocycles. The standard InChI is InChI=1S/C20H18FN3O/c21-17-8-6-15(7-9-17)19-18(12-22-23-19)20(25)24-11-10-16(13-24)14-4-2-1-3-5-14/h1-9,12,16H,10-11,13H2,(H,22,23). The predicted octanol–water partition coefficient (Wildman–Crippen LogP) is 3.85. The van der Waals surface area contributed by atoms with Crippen LogP contribution in [0, 0.1) is 5.82 Å². The van der Waals surface area contributed by atoms with Crippen molar-refractivity contribution in [3.8, 4) is 11.3 Å². The Kier molecular flexibility index (Phi) is 4.06. The molecule has 2 heterocycles. The van der Waals surface area contributed by atoms with E-state index in [4.69, 9.17) is 0 Å². The average Bonchev–Trinajstić information content (AvgIpc) is 3.32. The number of hydrogen-bond acceptors (Lipinski definition) is 2. The summed E-state index contributed by atoms with van der Waals surface area (Å²) in [5.74, 6) is 0.0271. The number of amides is 1. The Morgan fingerprint density at radius 2 is 1.88 bits per heavy atom. The molecule has 0 spiro atoms. The van der Waals surface area contributed by atoms with Gasteiger partial charge in [0, 0.05) is 24.6 Å². The highest BCUT2D eigenvalue weighted by Crippen LogP contribution is 2.29. The lowest BCUT2D eigenvalue weighted by molar-refractivity contribution is 0.0791. The van der Waals surface area contributed by atoms with Crippen LogP contribution in [-0.2, 0) is 0 Å². The van der Waals surface area contributed by atoms with E-state index in [1.807, 2.05) is 23.1 Å². The highest BCUT2D eigenvalue weighted by molar-refractivity contribution is 5.99. The van der Waals surface area contributed by atoms with Gasteiger partial charge in [0.25, 0.3) is 5.91 Å². The largest absolute Gasteiger partial charge is 0.338 e. The highest BCUT2D eigenvalue weighted by atomic mass is 19.1. The molecule has 1 atom stereocenters. The van der Waals surface area contributed by atoms with Crippen LogP contribution in [0.25, 0.3) is 11.3 Å². The third kappa shape index (κ3) is 3.05. The molecule has 1 N–H and O–H groups in total. The first kappa shape index (κ1) is 15.6. The van der Waals surface area contributed by atoms with Crippen LogP contribution in [0.1, 0.15) is 28.3 Å². The summed E-state index contributed by atoms with van der Waals surface area (Å²) in [5.41, 5.74) is 3.18. The summed E-state index contributed by atoms with van der Waals surface area (Å²) in [6.45, 7) is 1.43. The molecule has 1 fully saturated rings. The smallest absolute Gasteiger partial charge is 0.257 e. The van der Waals surface area contributed by atoms with Crippen LogP contribution in [0.4, 0.5) is 4.39 Å². The van der Waals surface area contributed by atoms with Gasteiger partial charge < -0.3 is 4.90 Å². The number of carbonyl (C=O) groups is 1. The van der Waals surface area contributed by atoms with Crippen LogP contribution in [-0.4, -0.2) is 34.1 Å². The molecular formula is C20H18FN3O. The number of hydrogen-bond donors (Lipinski definition) is 1. The SMILES string of the molecule is O=C(c1cn[nH]c1-c1ccc(F)cc1)N1CCC(c2ccccc2)C1. The van der Waals surface area contributed by atoms with Gasteiger partial charge in [-0.05, 0) is 36.2 Å². The van der Waals surface area contributed by atoms with Crippen molar-refractivity contribution in [3.63, 3.8) is 0 Å². The molecule has 3 aromatic rings. The maximum Gasteiger partial charge on any atom is 0.257 e. The van der Waals surface area contributed by atoms with E-state index in [0.29, 0.717) is 23.7 Å². The third-order valence-corrected chi connectivity index (χ3v) is 4.75. The van der Waals surface area contributed by atoms with Crippen LogP contribution < -0.4 is 0 Å². The van der Waals surface area contributed by atoms with Gasteiger partial charge in [0.15, 0.2) is 0 Å². The van der Waals surface area contributed by atoms with Gasteiger partial charge in [-0.3, -0.25) is 9.89 Å². The fraction of sp³-hybridized carbons (Fsp3) is 0.200. The van der Waals surface area contributed by atoms with Crippen LogP contribution in [0.3, 0.4) is 0 Å². The molecule has 1 unspecified atom stereocenters. The molecule has 5 heteroatoms. The molecule has 25 heavy (non-hydrogen) atoms. The lowest BCUT2D eigenvalue weighted by Gasteiger charge is -2.17. The van der Waals surface area contributed by atoms with E-state index in [2.05, 4.69) is 22.3 Å². The second kappa shape index (κ2) is 6.51. The van der Waals surface area contributed by atoms with Gasteiger partial charge in [-0.2, -0.15) is 5.10 Å². The van der Waals surface area contributed by atoms with Crippen molar-refractivity contribution >= 4 is 5.91 Å². The Morgan fingerprint density at radius 1 is 1.12 bits per heavy atom. The number of aromatic amines is 1. The van der Waals surface area contributed by atoms with Crippen LogP contribution >= 0.6 is 0 Å². The molecule has 4 rings (SSSR count). The van der Waals surface area contributed by atoms with Crippen molar-refractivity contribution in [1.29, 1.82) is 0 Å². The number of benzene rings is 2. The molecular weight excluding hydrogens is 317 g/mol. The fourth-order valence-electron chi connectivity index (χ4n) is 3.40. The van der Waals surface area contributed by atoms with E-state index in [-0.39, 0.29) is 11.7 Å². The van der Waals surface area contributed by atoms with Crippen LogP contribution in [0.5, 0.6) is 0 Å². The summed E-state index contributed by atoms with van der Waals surface area (Å²) in [6.07, 6.45) is 2.51. The van der Waals surface area contributed by atoms with E-state index in [0.717, 1.165) is 18.5 Å². The molecule has 2 aromatic carbocycles. The van der Waals surface area contributed by atoms with Crippen molar-refractivity contribution in [2.45, 2.75) is 12.3 Å². The molecule has 0 aliphatic carbocycles. The third-order valence-electron chi connectivity index (χ3n) is 4.75. The number of aromatic nitrogens is 2. The Morgan fingerprint density at radius 3 is 2.64 bits per heavy atom. The number of rotatable bonds is 3. The highest BCUT2D eigenvalue weighted by Gasteiger charge is 2.29. The van der Waals surface area contributed by atoms with Crippen molar-refractivity contribution in [1.82, 2.24) is 15.1 Å². The van der Waals surface area contributed by atoms with Crippen molar-refractivity contribution < 1.29 is 9.18 Å². The van der Waals surface area contributed by atoms with E-state index in [1.54, 1.807) is 18.3 Å². The lowest BCUT2D eigenvalue weighted by Crippen LogP contribution is -2.28. The van der Waals surface area contributed by atoms with Gasteiger partial charge >= 0.3 is 0 Å². The van der Waals surface area contributed by atoms with Gasteiger partial charge in [-0.15, -0.1) is 0 Å². The molecule has 1 saturated heterocycles. The van der Waals surface area contributed by atoms with Crippen LogP contribution in [0.2, 0.25) is 0 Å². The molecule has 4 nitrogen and oxygen atoms in total. The zero-order chi connectivity index (χ0) is 17.2. The van der Waals surface area contributed by atoms with Crippen molar-refractivity contribution in [3.05, 3.63) is 77.7 Å². The Bertz CT molecular complexity index is 873. The van der Waals surface area contributed by atoms with E-state index in [1.165, 1.54) is 17.7 Å². The predicted molar refractivity (Wildman–Crippen MR) is 93.7 cm³/mol. The van der Waals surface area contributed by atoms with Crippen LogP contribution in [0.15, 0.2) is 60.8 Å². The first-order valence-electron chi connectivity index (χ1n) is 8.36. The molecule has 126 valence electrons. The van der Waals surface area contributed by atoms with Gasteiger partial charge in [0.1, 0.15) is 5.82 Å². The topological polar surface area (TPSA) is 49.0 Å². The van der Waals surface area contributed by atoms with Crippen molar-refractivity contribution in [2.75, 3.05) is 13.1 Å². The molecule has 1 aromatic heterocycles. The zero-order valence-corrected chi connectivity index (χ0v) is 13.7. The first-order chi connectivity index (χ1) is 12.2. The second-order valence-corrected chi connectivity index (χ2v) is 6.31. The maximum absolute atomic E-state index is 13.1. The average molecular weight is 335 g/mol. The minimum Gasteiger partial charge on any atom is -0.338 e. The summed E-state index contributed by atoms with van der Waals surface area (Å²) >= 11 is 0. The van der Waals surface area contributed by atoms with Gasteiger partial charge in [0.2, 0.25) is 0 Å². The fourth-order valence-corrected chi connectivity index (χ4v) is 3.40. The van der Waals surface area contributed by atoms with E-state index in [9.17, 15) is 9.18 Å². The number of nitrogens with one attached hydrogen (secondary N) is 1. The molecule has 1 aliphatic rings. The molecule has 0 radical (unpaired) electrons. The van der Waals surface area contributed by atoms with Gasteiger partial charge in [-0.25, -0.2) is 4.39 Å². The summed E-state index contributed by atoms with van der Waals surface area (Å²) in [7, 11) is 0. The Hall–Kier alpha value is -2.95. The molecule has 1 aliphatic heterocycles. The minimum atomic E-state index is -0.304. The van der Waals surface area contributed by atoms with Gasteiger partial charge in [0.05, 0.1) is 17.5 Å². The lowest BCUT2D eigenvalue weighted by atomic mass is 9.99.